The first-order chi connectivity index (χ1) is 10.3. The second-order valence-electron chi connectivity index (χ2n) is 6.08. The first-order valence-corrected chi connectivity index (χ1v) is 8.65. The molecule has 0 spiro atoms. The zero-order valence-corrected chi connectivity index (χ0v) is 14.0. The molecule has 1 N–H and O–H groups in total. The fourth-order valence-corrected chi connectivity index (χ4v) is 3.58. The summed E-state index contributed by atoms with van der Waals surface area (Å²) in [7, 11) is 1.86. The molecule has 2 rings (SSSR count). The number of methoxy groups -OCH3 is 1. The maximum Gasteiger partial charge on any atom is 0.0794 e. The molecule has 0 aromatic heterocycles. The van der Waals surface area contributed by atoms with Gasteiger partial charge in [-0.15, -0.1) is 0 Å². The molecule has 1 aliphatic carbocycles. The molecule has 2 nitrogen and oxygen atoms in total. The maximum absolute atomic E-state index is 6.03. The predicted octanol–water partition coefficient (Wildman–Crippen LogP) is 4.98. The highest BCUT2D eigenvalue weighted by Crippen LogP contribution is 2.34. The molecule has 1 fully saturated rings. The van der Waals surface area contributed by atoms with E-state index in [4.69, 9.17) is 16.3 Å². The van der Waals surface area contributed by atoms with Crippen LogP contribution in [0.15, 0.2) is 24.3 Å². The van der Waals surface area contributed by atoms with Crippen molar-refractivity contribution < 1.29 is 4.74 Å². The number of benzene rings is 1. The summed E-state index contributed by atoms with van der Waals surface area (Å²) in [5, 5.41) is 4.48. The van der Waals surface area contributed by atoms with Crippen LogP contribution in [0.3, 0.4) is 0 Å². The third-order valence-electron chi connectivity index (χ3n) is 4.56. The summed E-state index contributed by atoms with van der Waals surface area (Å²) in [6, 6.07) is 8.47. The van der Waals surface area contributed by atoms with Crippen molar-refractivity contribution in [3.63, 3.8) is 0 Å². The number of ether oxygens (including phenoxy) is 1. The van der Waals surface area contributed by atoms with E-state index in [2.05, 4.69) is 24.4 Å². The van der Waals surface area contributed by atoms with Gasteiger partial charge < -0.3 is 10.1 Å². The van der Waals surface area contributed by atoms with Gasteiger partial charge in [0.25, 0.3) is 0 Å². The lowest BCUT2D eigenvalue weighted by molar-refractivity contribution is 0.00756. The van der Waals surface area contributed by atoms with Crippen molar-refractivity contribution in [3.8, 4) is 0 Å². The van der Waals surface area contributed by atoms with E-state index in [9.17, 15) is 0 Å². The molecule has 0 aliphatic heterocycles. The average Bonchev–Trinajstić information content (AvgIpc) is 2.53. The van der Waals surface area contributed by atoms with Crippen LogP contribution in [0.2, 0.25) is 5.02 Å². The van der Waals surface area contributed by atoms with Crippen LogP contribution in [0.1, 0.15) is 57.1 Å². The first-order valence-electron chi connectivity index (χ1n) is 8.28. The van der Waals surface area contributed by atoms with Crippen molar-refractivity contribution in [2.45, 2.75) is 57.6 Å². The Labute approximate surface area is 134 Å². The fraction of sp³-hybridized carbons (Fsp3) is 0.667. The Hall–Kier alpha value is -0.570. The van der Waals surface area contributed by atoms with Crippen molar-refractivity contribution in [3.05, 3.63) is 34.9 Å². The molecule has 0 heterocycles. The summed E-state index contributed by atoms with van der Waals surface area (Å²) in [4.78, 5) is 0. The molecular formula is C18H28ClNO. The molecule has 2 atom stereocenters. The molecule has 0 bridgehead atoms. The minimum Gasteiger partial charge on any atom is -0.379 e. The summed E-state index contributed by atoms with van der Waals surface area (Å²) in [5.41, 5.74) is 1.28. The molecule has 1 aromatic carbocycles. The minimum absolute atomic E-state index is 0.248. The monoisotopic (exact) mass is 309 g/mol. The summed E-state index contributed by atoms with van der Waals surface area (Å²) in [5.74, 6) is 0.661. The zero-order chi connectivity index (χ0) is 15.1. The standard InChI is InChI=1S/C18H28ClNO/c1-3-13-20-17(14-9-11-16(19)12-10-14)18(21-2)15-7-5-4-6-8-15/h9-12,15,17-18,20H,3-8,13H2,1-2H3. The van der Waals surface area contributed by atoms with E-state index in [1.165, 1.54) is 37.7 Å². The molecule has 118 valence electrons. The van der Waals surface area contributed by atoms with Crippen LogP contribution in [0.5, 0.6) is 0 Å². The Bertz CT molecular complexity index is 400. The first kappa shape index (κ1) is 16.8. The van der Waals surface area contributed by atoms with Gasteiger partial charge in [0.05, 0.1) is 12.1 Å². The van der Waals surface area contributed by atoms with E-state index in [1.54, 1.807) is 0 Å². The van der Waals surface area contributed by atoms with Gasteiger partial charge in [0.1, 0.15) is 0 Å². The van der Waals surface area contributed by atoms with E-state index >= 15 is 0 Å². The van der Waals surface area contributed by atoms with Crippen molar-refractivity contribution >= 4 is 11.6 Å². The Kier molecular flexibility index (Phi) is 7.01. The predicted molar refractivity (Wildman–Crippen MR) is 89.9 cm³/mol. The largest absolute Gasteiger partial charge is 0.379 e. The molecule has 2 unspecified atom stereocenters. The van der Waals surface area contributed by atoms with Gasteiger partial charge in [0, 0.05) is 12.1 Å². The van der Waals surface area contributed by atoms with Crippen LogP contribution in [0, 0.1) is 5.92 Å². The summed E-state index contributed by atoms with van der Waals surface area (Å²) in [6.07, 6.45) is 8.01. The third-order valence-corrected chi connectivity index (χ3v) is 4.81. The summed E-state index contributed by atoms with van der Waals surface area (Å²) in [6.45, 7) is 3.22. The lowest BCUT2D eigenvalue weighted by atomic mass is 9.81. The summed E-state index contributed by atoms with van der Waals surface area (Å²) < 4.78 is 5.94. The highest BCUT2D eigenvalue weighted by molar-refractivity contribution is 6.30. The van der Waals surface area contributed by atoms with E-state index in [0.717, 1.165) is 18.0 Å². The van der Waals surface area contributed by atoms with E-state index in [0.29, 0.717) is 5.92 Å². The number of nitrogens with one attached hydrogen (secondary N) is 1. The molecule has 1 aliphatic rings. The minimum atomic E-state index is 0.248. The highest BCUT2D eigenvalue weighted by atomic mass is 35.5. The second-order valence-corrected chi connectivity index (χ2v) is 6.52. The van der Waals surface area contributed by atoms with Gasteiger partial charge in [-0.25, -0.2) is 0 Å². The smallest absolute Gasteiger partial charge is 0.0794 e. The van der Waals surface area contributed by atoms with Crippen LogP contribution in [-0.4, -0.2) is 19.8 Å². The van der Waals surface area contributed by atoms with E-state index < -0.39 is 0 Å². The average molecular weight is 310 g/mol. The summed E-state index contributed by atoms with van der Waals surface area (Å²) >= 11 is 6.03. The molecular weight excluding hydrogens is 282 g/mol. The molecule has 1 saturated carbocycles. The van der Waals surface area contributed by atoms with Crippen LogP contribution in [0.25, 0.3) is 0 Å². The van der Waals surface area contributed by atoms with Gasteiger partial charge in [-0.05, 0) is 49.4 Å². The van der Waals surface area contributed by atoms with Crippen molar-refractivity contribution in [2.24, 2.45) is 5.92 Å². The van der Waals surface area contributed by atoms with E-state index in [-0.39, 0.29) is 12.1 Å². The Balaban J connectivity index is 2.17. The van der Waals surface area contributed by atoms with Crippen LogP contribution in [-0.2, 0) is 4.74 Å². The lowest BCUT2D eigenvalue weighted by Crippen LogP contribution is -2.39. The number of hydrogen-bond donors (Lipinski definition) is 1. The molecule has 0 radical (unpaired) electrons. The topological polar surface area (TPSA) is 21.3 Å². The van der Waals surface area contributed by atoms with Crippen LogP contribution in [0.4, 0.5) is 0 Å². The Morgan fingerprint density at radius 2 is 1.86 bits per heavy atom. The second kappa shape index (κ2) is 8.77. The van der Waals surface area contributed by atoms with Gasteiger partial charge in [0.15, 0.2) is 0 Å². The number of hydrogen-bond acceptors (Lipinski definition) is 2. The van der Waals surface area contributed by atoms with Gasteiger partial charge in [-0.3, -0.25) is 0 Å². The molecule has 0 amide bonds. The Morgan fingerprint density at radius 3 is 2.43 bits per heavy atom. The fourth-order valence-electron chi connectivity index (χ4n) is 3.46. The zero-order valence-electron chi connectivity index (χ0n) is 13.3. The van der Waals surface area contributed by atoms with Gasteiger partial charge in [-0.2, -0.15) is 0 Å². The normalized spacial score (nSPS) is 19.4. The van der Waals surface area contributed by atoms with Crippen molar-refractivity contribution in [2.75, 3.05) is 13.7 Å². The molecule has 0 saturated heterocycles. The molecule has 3 heteroatoms. The van der Waals surface area contributed by atoms with Gasteiger partial charge in [-0.1, -0.05) is 49.9 Å². The maximum atomic E-state index is 6.03. The number of rotatable bonds is 7. The van der Waals surface area contributed by atoms with Crippen molar-refractivity contribution in [1.29, 1.82) is 0 Å². The lowest BCUT2D eigenvalue weighted by Gasteiger charge is -2.35. The highest BCUT2D eigenvalue weighted by Gasteiger charge is 2.31. The SMILES string of the molecule is CCCNC(c1ccc(Cl)cc1)C(OC)C1CCCCC1. The molecule has 1 aromatic rings. The molecule has 21 heavy (non-hydrogen) atoms. The van der Waals surface area contributed by atoms with E-state index in [1.807, 2.05) is 19.2 Å². The quantitative estimate of drug-likeness (QED) is 0.767. The third kappa shape index (κ3) is 4.70. The van der Waals surface area contributed by atoms with Crippen LogP contribution < -0.4 is 5.32 Å². The Morgan fingerprint density at radius 1 is 1.19 bits per heavy atom. The van der Waals surface area contributed by atoms with Gasteiger partial charge >= 0.3 is 0 Å². The van der Waals surface area contributed by atoms with Crippen molar-refractivity contribution in [1.82, 2.24) is 5.32 Å². The van der Waals surface area contributed by atoms with Crippen LogP contribution >= 0.6 is 11.6 Å². The van der Waals surface area contributed by atoms with Gasteiger partial charge in [0.2, 0.25) is 0 Å². The number of halogens is 1.